The van der Waals surface area contributed by atoms with Gasteiger partial charge in [-0.05, 0) is 53.5 Å². The molecule has 0 unspecified atom stereocenters. The molecule has 4 rings (SSSR count). The van der Waals surface area contributed by atoms with Gasteiger partial charge in [0.2, 0.25) is 0 Å². The summed E-state index contributed by atoms with van der Waals surface area (Å²) in [5, 5.41) is 6.41. The summed E-state index contributed by atoms with van der Waals surface area (Å²) < 4.78 is 1.04. The molecule has 1 aliphatic heterocycles. The summed E-state index contributed by atoms with van der Waals surface area (Å²) in [4.78, 5) is 25.7. The fourth-order valence-electron chi connectivity index (χ4n) is 2.90. The number of hydrogen-bond acceptors (Lipinski definition) is 5. The molecule has 0 radical (unpaired) electrons. The van der Waals surface area contributed by atoms with Gasteiger partial charge < -0.3 is 15.6 Å². The van der Waals surface area contributed by atoms with E-state index in [1.807, 2.05) is 12.1 Å². The molecule has 0 saturated carbocycles. The summed E-state index contributed by atoms with van der Waals surface area (Å²) in [5.74, 6) is 0.645. The number of nitrogens with one attached hydrogen (secondary N) is 3. The van der Waals surface area contributed by atoms with Crippen molar-refractivity contribution in [2.45, 2.75) is 18.9 Å². The quantitative estimate of drug-likeness (QED) is 0.625. The topological polar surface area (TPSA) is 82.7 Å². The number of pyridine rings is 1. The zero-order valence-electron chi connectivity index (χ0n) is 12.8. The summed E-state index contributed by atoms with van der Waals surface area (Å²) in [5.41, 5.74) is 1.82. The molecule has 3 aromatic heterocycles. The van der Waals surface area contributed by atoms with Crippen molar-refractivity contribution in [1.29, 1.82) is 0 Å². The van der Waals surface area contributed by atoms with Crippen LogP contribution in [0.3, 0.4) is 0 Å². The van der Waals surface area contributed by atoms with E-state index in [9.17, 15) is 4.79 Å². The predicted molar refractivity (Wildman–Crippen MR) is 98.3 cm³/mol. The molecule has 0 bridgehead atoms. The van der Waals surface area contributed by atoms with E-state index in [0.29, 0.717) is 16.7 Å². The van der Waals surface area contributed by atoms with Crippen molar-refractivity contribution in [3.05, 3.63) is 33.7 Å². The number of piperidine rings is 1. The van der Waals surface area contributed by atoms with Crippen molar-refractivity contribution in [2.75, 3.05) is 13.1 Å². The van der Waals surface area contributed by atoms with Crippen LogP contribution in [-0.2, 0) is 0 Å². The smallest absolute Gasteiger partial charge is 0.253 e. The Balaban J connectivity index is 1.65. The van der Waals surface area contributed by atoms with Crippen LogP contribution in [0, 0.1) is 0 Å². The van der Waals surface area contributed by atoms with Gasteiger partial charge >= 0.3 is 0 Å². The highest BCUT2D eigenvalue weighted by molar-refractivity contribution is 9.11. The standard InChI is InChI=1S/C16H16BrN5OS/c17-12-4-3-11(24-12)14-21-13-10(5-7-19-15(13)22-14)16(23)20-9-2-1-6-18-8-9/h3-5,7,9,18H,1-2,6,8H2,(H,20,23)(H,19,21,22)/t9-/m0/s1. The van der Waals surface area contributed by atoms with Crippen molar-refractivity contribution < 1.29 is 4.79 Å². The lowest BCUT2D eigenvalue weighted by Crippen LogP contribution is -2.45. The number of aromatic amines is 1. The van der Waals surface area contributed by atoms with Crippen LogP contribution in [0.4, 0.5) is 0 Å². The van der Waals surface area contributed by atoms with E-state index in [4.69, 9.17) is 0 Å². The first kappa shape index (κ1) is 15.7. The molecule has 1 atom stereocenters. The van der Waals surface area contributed by atoms with Crippen LogP contribution >= 0.6 is 27.3 Å². The number of nitrogens with zero attached hydrogens (tertiary/aromatic N) is 2. The van der Waals surface area contributed by atoms with Crippen molar-refractivity contribution in [3.8, 4) is 10.7 Å². The highest BCUT2D eigenvalue weighted by Gasteiger charge is 2.20. The lowest BCUT2D eigenvalue weighted by atomic mass is 10.1. The third-order valence-corrected chi connectivity index (χ3v) is 5.71. The number of fused-ring (bicyclic) bond motifs is 1. The normalized spacial score (nSPS) is 18.0. The molecule has 1 aliphatic rings. The molecule has 1 saturated heterocycles. The maximum absolute atomic E-state index is 12.7. The monoisotopic (exact) mass is 405 g/mol. The highest BCUT2D eigenvalue weighted by atomic mass is 79.9. The Hall–Kier alpha value is -1.77. The minimum atomic E-state index is -0.0846. The minimum Gasteiger partial charge on any atom is -0.348 e. The molecule has 0 spiro atoms. The number of rotatable bonds is 3. The van der Waals surface area contributed by atoms with Gasteiger partial charge in [0.15, 0.2) is 11.5 Å². The Bertz CT molecular complexity index is 884. The van der Waals surface area contributed by atoms with Gasteiger partial charge in [0.1, 0.15) is 0 Å². The SMILES string of the molecule is O=C(N[C@H]1CCCNC1)c1ccnc2nc(-c3ccc(Br)s3)[nH]c12. The molecule has 0 aliphatic carbocycles. The van der Waals surface area contributed by atoms with Crippen molar-refractivity contribution in [1.82, 2.24) is 25.6 Å². The molecule has 6 nitrogen and oxygen atoms in total. The van der Waals surface area contributed by atoms with E-state index in [2.05, 4.69) is 41.5 Å². The first-order chi connectivity index (χ1) is 11.7. The molecule has 8 heteroatoms. The van der Waals surface area contributed by atoms with Gasteiger partial charge in [-0.25, -0.2) is 9.97 Å². The lowest BCUT2D eigenvalue weighted by Gasteiger charge is -2.23. The van der Waals surface area contributed by atoms with E-state index in [1.54, 1.807) is 23.6 Å². The molecule has 1 fully saturated rings. The molecule has 3 aromatic rings. The number of hydrogen-bond donors (Lipinski definition) is 3. The van der Waals surface area contributed by atoms with Gasteiger partial charge in [-0.3, -0.25) is 4.79 Å². The number of aromatic nitrogens is 3. The summed E-state index contributed by atoms with van der Waals surface area (Å²) in [6, 6.07) is 5.87. The first-order valence-corrected chi connectivity index (χ1v) is 9.43. The second-order valence-corrected chi connectivity index (χ2v) is 8.23. The third-order valence-electron chi connectivity index (χ3n) is 4.08. The Morgan fingerprint density at radius 1 is 1.38 bits per heavy atom. The van der Waals surface area contributed by atoms with Crippen LogP contribution < -0.4 is 10.6 Å². The summed E-state index contributed by atoms with van der Waals surface area (Å²) in [7, 11) is 0. The number of thiophene rings is 1. The van der Waals surface area contributed by atoms with Crippen LogP contribution in [0.2, 0.25) is 0 Å². The van der Waals surface area contributed by atoms with Crippen LogP contribution in [0.25, 0.3) is 21.9 Å². The molecule has 0 aromatic carbocycles. The number of carbonyl (C=O) groups is 1. The zero-order chi connectivity index (χ0) is 16.5. The zero-order valence-corrected chi connectivity index (χ0v) is 15.2. The van der Waals surface area contributed by atoms with Gasteiger partial charge in [-0.2, -0.15) is 0 Å². The van der Waals surface area contributed by atoms with Gasteiger partial charge in [0, 0.05) is 18.8 Å². The first-order valence-electron chi connectivity index (χ1n) is 7.83. The second kappa shape index (κ2) is 6.62. The molecular weight excluding hydrogens is 390 g/mol. The molecule has 3 N–H and O–H groups in total. The minimum absolute atomic E-state index is 0.0846. The Morgan fingerprint density at radius 3 is 3.04 bits per heavy atom. The van der Waals surface area contributed by atoms with Crippen LogP contribution in [0.15, 0.2) is 28.2 Å². The van der Waals surface area contributed by atoms with Gasteiger partial charge in [-0.1, -0.05) is 0 Å². The average molecular weight is 406 g/mol. The lowest BCUT2D eigenvalue weighted by molar-refractivity contribution is 0.0932. The largest absolute Gasteiger partial charge is 0.348 e. The number of halogens is 1. The summed E-state index contributed by atoms with van der Waals surface area (Å²) >= 11 is 5.04. The fraction of sp³-hybridized carbons (Fsp3) is 0.312. The summed E-state index contributed by atoms with van der Waals surface area (Å²) in [6.45, 7) is 1.84. The van der Waals surface area contributed by atoms with E-state index in [0.717, 1.165) is 40.4 Å². The van der Waals surface area contributed by atoms with E-state index in [1.165, 1.54) is 0 Å². The van der Waals surface area contributed by atoms with E-state index in [-0.39, 0.29) is 11.9 Å². The number of carbonyl (C=O) groups excluding carboxylic acids is 1. The Kier molecular flexibility index (Phi) is 4.34. The summed E-state index contributed by atoms with van der Waals surface area (Å²) in [6.07, 6.45) is 3.72. The van der Waals surface area contributed by atoms with Crippen molar-refractivity contribution >= 4 is 44.3 Å². The second-order valence-electron chi connectivity index (χ2n) is 5.76. The van der Waals surface area contributed by atoms with Crippen molar-refractivity contribution in [3.63, 3.8) is 0 Å². The number of imidazole rings is 1. The highest BCUT2D eigenvalue weighted by Crippen LogP contribution is 2.30. The fourth-order valence-corrected chi connectivity index (χ4v) is 4.23. The van der Waals surface area contributed by atoms with Crippen molar-refractivity contribution in [2.24, 2.45) is 0 Å². The maximum atomic E-state index is 12.7. The van der Waals surface area contributed by atoms with Crippen LogP contribution in [-0.4, -0.2) is 40.0 Å². The molecular formula is C16H16BrN5OS. The van der Waals surface area contributed by atoms with Gasteiger partial charge in [-0.15, -0.1) is 11.3 Å². The molecule has 4 heterocycles. The Labute approximate surface area is 151 Å². The number of H-pyrrole nitrogens is 1. The van der Waals surface area contributed by atoms with Gasteiger partial charge in [0.05, 0.1) is 19.7 Å². The molecule has 124 valence electrons. The average Bonchev–Trinajstić information content (AvgIpc) is 3.21. The van der Waals surface area contributed by atoms with Gasteiger partial charge in [0.25, 0.3) is 5.91 Å². The van der Waals surface area contributed by atoms with Crippen LogP contribution in [0.5, 0.6) is 0 Å². The van der Waals surface area contributed by atoms with E-state index < -0.39 is 0 Å². The Morgan fingerprint density at radius 2 is 2.29 bits per heavy atom. The molecule has 24 heavy (non-hydrogen) atoms. The molecule has 1 amide bonds. The maximum Gasteiger partial charge on any atom is 0.253 e. The predicted octanol–water partition coefficient (Wildman–Crippen LogP) is 2.93. The third kappa shape index (κ3) is 3.09. The van der Waals surface area contributed by atoms with E-state index >= 15 is 0 Å². The number of amides is 1. The van der Waals surface area contributed by atoms with Crippen LogP contribution in [0.1, 0.15) is 23.2 Å².